The molecule has 0 amide bonds. The number of rotatable bonds is 3. The van der Waals surface area contributed by atoms with Crippen LogP contribution in [0.2, 0.25) is 0 Å². The van der Waals surface area contributed by atoms with Gasteiger partial charge in [0.1, 0.15) is 11.1 Å². The summed E-state index contributed by atoms with van der Waals surface area (Å²) in [6, 6.07) is 0. The van der Waals surface area contributed by atoms with Gasteiger partial charge < -0.3 is 4.74 Å². The minimum absolute atomic E-state index is 0.198. The summed E-state index contributed by atoms with van der Waals surface area (Å²) in [7, 11) is 0. The van der Waals surface area contributed by atoms with Gasteiger partial charge in [0.05, 0.1) is 6.61 Å². The Morgan fingerprint density at radius 1 is 1.60 bits per heavy atom. The van der Waals surface area contributed by atoms with Crippen LogP contribution in [-0.2, 0) is 11.2 Å². The molecule has 0 bridgehead atoms. The second kappa shape index (κ2) is 5.05. The van der Waals surface area contributed by atoms with Crippen molar-refractivity contribution >= 4 is 11.3 Å². The highest BCUT2D eigenvalue weighted by Gasteiger charge is 2.23. The number of ether oxygens (including phenoxy) is 1. The summed E-state index contributed by atoms with van der Waals surface area (Å²) in [6.45, 7) is 8.34. The molecule has 2 heterocycles. The monoisotopic (exact) mass is 226 g/mol. The molecule has 15 heavy (non-hydrogen) atoms. The molecule has 84 valence electrons. The van der Waals surface area contributed by atoms with Gasteiger partial charge in [0, 0.05) is 24.2 Å². The first-order valence-electron chi connectivity index (χ1n) is 5.62. The number of hydrogen-bond donors (Lipinski definition) is 0. The molecule has 4 heteroatoms. The minimum atomic E-state index is 0.198. The number of morpholine rings is 1. The van der Waals surface area contributed by atoms with Gasteiger partial charge in [-0.1, -0.05) is 13.8 Å². The zero-order chi connectivity index (χ0) is 10.7. The third-order valence-corrected chi connectivity index (χ3v) is 4.03. The molecular formula is C11H18N2OS. The second-order valence-corrected chi connectivity index (χ2v) is 4.92. The fourth-order valence-electron chi connectivity index (χ4n) is 1.77. The SMILES string of the molecule is CCc1cnc(C2CN(CC)CCO2)s1. The topological polar surface area (TPSA) is 25.4 Å². The second-order valence-electron chi connectivity index (χ2n) is 3.77. The third-order valence-electron chi connectivity index (χ3n) is 2.79. The molecule has 1 saturated heterocycles. The third kappa shape index (κ3) is 2.56. The molecule has 1 fully saturated rings. The molecule has 1 aliphatic heterocycles. The Morgan fingerprint density at radius 3 is 3.13 bits per heavy atom. The van der Waals surface area contributed by atoms with Crippen molar-refractivity contribution < 1.29 is 4.74 Å². The summed E-state index contributed by atoms with van der Waals surface area (Å²) in [5, 5.41) is 1.14. The Hall–Kier alpha value is -0.450. The van der Waals surface area contributed by atoms with Crippen LogP contribution < -0.4 is 0 Å². The van der Waals surface area contributed by atoms with Crippen molar-refractivity contribution in [2.75, 3.05) is 26.2 Å². The van der Waals surface area contributed by atoms with E-state index in [1.165, 1.54) is 4.88 Å². The Balaban J connectivity index is 2.03. The number of hydrogen-bond acceptors (Lipinski definition) is 4. The zero-order valence-corrected chi connectivity index (χ0v) is 10.2. The molecular weight excluding hydrogens is 208 g/mol. The van der Waals surface area contributed by atoms with Crippen molar-refractivity contribution in [2.45, 2.75) is 26.4 Å². The van der Waals surface area contributed by atoms with Gasteiger partial charge in [-0.2, -0.15) is 0 Å². The number of thiazole rings is 1. The van der Waals surface area contributed by atoms with E-state index in [1.54, 1.807) is 11.3 Å². The van der Waals surface area contributed by atoms with Gasteiger partial charge in [0.2, 0.25) is 0 Å². The van der Waals surface area contributed by atoms with Crippen molar-refractivity contribution in [3.63, 3.8) is 0 Å². The molecule has 0 spiro atoms. The van der Waals surface area contributed by atoms with E-state index in [2.05, 4.69) is 23.7 Å². The van der Waals surface area contributed by atoms with E-state index in [9.17, 15) is 0 Å². The van der Waals surface area contributed by atoms with Crippen molar-refractivity contribution in [2.24, 2.45) is 0 Å². The number of aromatic nitrogens is 1. The highest BCUT2D eigenvalue weighted by Crippen LogP contribution is 2.26. The lowest BCUT2D eigenvalue weighted by molar-refractivity contribution is -0.0282. The molecule has 1 aliphatic rings. The fourth-order valence-corrected chi connectivity index (χ4v) is 2.67. The van der Waals surface area contributed by atoms with Crippen LogP contribution in [0.15, 0.2) is 6.20 Å². The first kappa shape index (κ1) is 11.0. The van der Waals surface area contributed by atoms with Gasteiger partial charge in [-0.3, -0.25) is 4.90 Å². The van der Waals surface area contributed by atoms with Gasteiger partial charge in [0.15, 0.2) is 0 Å². The quantitative estimate of drug-likeness (QED) is 0.789. The smallest absolute Gasteiger partial charge is 0.123 e. The van der Waals surface area contributed by atoms with Crippen molar-refractivity contribution in [3.8, 4) is 0 Å². The lowest BCUT2D eigenvalue weighted by atomic mass is 10.3. The van der Waals surface area contributed by atoms with Crippen molar-refractivity contribution in [1.29, 1.82) is 0 Å². The van der Waals surface area contributed by atoms with E-state index in [-0.39, 0.29) is 6.10 Å². The molecule has 0 aliphatic carbocycles. The van der Waals surface area contributed by atoms with Crippen LogP contribution in [0.3, 0.4) is 0 Å². The minimum Gasteiger partial charge on any atom is -0.368 e. The maximum absolute atomic E-state index is 5.76. The lowest BCUT2D eigenvalue weighted by Gasteiger charge is -2.30. The van der Waals surface area contributed by atoms with Gasteiger partial charge in [-0.25, -0.2) is 4.98 Å². The van der Waals surface area contributed by atoms with Gasteiger partial charge >= 0.3 is 0 Å². The normalized spacial score (nSPS) is 23.2. The zero-order valence-electron chi connectivity index (χ0n) is 9.40. The Labute approximate surface area is 95.1 Å². The molecule has 1 aromatic rings. The summed E-state index contributed by atoms with van der Waals surface area (Å²) in [6.07, 6.45) is 3.25. The van der Waals surface area contributed by atoms with Crippen LogP contribution in [0.1, 0.15) is 29.8 Å². The standard InChI is InChI=1S/C11H18N2OS/c1-3-9-7-12-11(15-9)10-8-13(4-2)5-6-14-10/h7,10H,3-6,8H2,1-2H3. The average Bonchev–Trinajstić information content (AvgIpc) is 2.78. The molecule has 0 N–H and O–H groups in total. The van der Waals surface area contributed by atoms with E-state index in [0.29, 0.717) is 0 Å². The Morgan fingerprint density at radius 2 is 2.47 bits per heavy atom. The van der Waals surface area contributed by atoms with Gasteiger partial charge in [0.25, 0.3) is 0 Å². The highest BCUT2D eigenvalue weighted by atomic mass is 32.1. The number of nitrogens with zero attached hydrogens (tertiary/aromatic N) is 2. The number of likely N-dealkylation sites (N-methyl/N-ethyl adjacent to an activating group) is 1. The van der Waals surface area contributed by atoms with Crippen LogP contribution in [0.25, 0.3) is 0 Å². The first-order chi connectivity index (χ1) is 7.33. The molecule has 1 aromatic heterocycles. The molecule has 3 nitrogen and oxygen atoms in total. The van der Waals surface area contributed by atoms with Crippen molar-refractivity contribution in [3.05, 3.63) is 16.1 Å². The van der Waals surface area contributed by atoms with E-state index in [4.69, 9.17) is 4.74 Å². The molecule has 0 aromatic carbocycles. The molecule has 2 rings (SSSR count). The molecule has 1 atom stereocenters. The Kier molecular flexibility index (Phi) is 3.72. The van der Waals surface area contributed by atoms with Crippen LogP contribution in [0.4, 0.5) is 0 Å². The van der Waals surface area contributed by atoms with E-state index in [1.807, 2.05) is 6.20 Å². The van der Waals surface area contributed by atoms with Crippen LogP contribution in [0.5, 0.6) is 0 Å². The van der Waals surface area contributed by atoms with Gasteiger partial charge in [-0.05, 0) is 13.0 Å². The summed E-state index contributed by atoms with van der Waals surface area (Å²) in [5.41, 5.74) is 0. The predicted octanol–water partition coefficient (Wildman–Crippen LogP) is 2.10. The van der Waals surface area contributed by atoms with Crippen LogP contribution >= 0.6 is 11.3 Å². The summed E-state index contributed by atoms with van der Waals surface area (Å²) >= 11 is 1.79. The fraction of sp³-hybridized carbons (Fsp3) is 0.727. The van der Waals surface area contributed by atoms with E-state index >= 15 is 0 Å². The maximum atomic E-state index is 5.76. The van der Waals surface area contributed by atoms with E-state index in [0.717, 1.165) is 37.7 Å². The Bertz CT molecular complexity index is 313. The highest BCUT2D eigenvalue weighted by molar-refractivity contribution is 7.11. The number of aryl methyl sites for hydroxylation is 1. The lowest BCUT2D eigenvalue weighted by Crippen LogP contribution is -2.37. The molecule has 0 radical (unpaired) electrons. The van der Waals surface area contributed by atoms with Crippen LogP contribution in [-0.4, -0.2) is 36.1 Å². The maximum Gasteiger partial charge on any atom is 0.123 e. The molecule has 0 saturated carbocycles. The van der Waals surface area contributed by atoms with E-state index < -0.39 is 0 Å². The predicted molar refractivity (Wildman–Crippen MR) is 62.3 cm³/mol. The largest absolute Gasteiger partial charge is 0.368 e. The average molecular weight is 226 g/mol. The summed E-state index contributed by atoms with van der Waals surface area (Å²) in [4.78, 5) is 8.21. The summed E-state index contributed by atoms with van der Waals surface area (Å²) < 4.78 is 5.76. The molecule has 1 unspecified atom stereocenters. The first-order valence-corrected chi connectivity index (χ1v) is 6.43. The van der Waals surface area contributed by atoms with Gasteiger partial charge in [-0.15, -0.1) is 11.3 Å². The summed E-state index contributed by atoms with van der Waals surface area (Å²) in [5.74, 6) is 0. The van der Waals surface area contributed by atoms with Crippen LogP contribution in [0, 0.1) is 0 Å². The van der Waals surface area contributed by atoms with Crippen molar-refractivity contribution in [1.82, 2.24) is 9.88 Å².